The lowest BCUT2D eigenvalue weighted by atomic mass is 10.1. The fourth-order valence-corrected chi connectivity index (χ4v) is 4.37. The molecule has 2 N–H and O–H groups in total. The molecule has 1 aromatic heterocycles. The van der Waals surface area contributed by atoms with Crippen molar-refractivity contribution in [2.75, 3.05) is 13.4 Å². The highest BCUT2D eigenvalue weighted by molar-refractivity contribution is 7.98. The van der Waals surface area contributed by atoms with E-state index in [1.807, 2.05) is 24.5 Å². The Balaban J connectivity index is 1.70. The molecule has 0 spiro atoms. The lowest BCUT2D eigenvalue weighted by molar-refractivity contribution is 0.0684. The number of carboxylic acids is 1. The Morgan fingerprint density at radius 2 is 1.73 bits per heavy atom. The van der Waals surface area contributed by atoms with Crippen LogP contribution in [0.4, 0.5) is 4.39 Å². The number of hydrogen-bond donors (Lipinski definition) is 2. The van der Waals surface area contributed by atoms with Gasteiger partial charge in [-0.1, -0.05) is 24.3 Å². The molecule has 0 radical (unpaired) electrons. The summed E-state index contributed by atoms with van der Waals surface area (Å²) < 4.78 is 20.5. The molecular formula is C26H25FN2O3S. The standard InChI is InChI=1S/C26H25FN2O3S/c1-32-20-9-12-22-23(15-28-14-17-5-10-21(33-2)11-6-17)25(26(30)31)29(24(22)13-20)16-18-3-7-19(27)8-4-18/h3-13,28H,14-16H2,1-2H3,(H,30,31). The number of thioether (sulfide) groups is 1. The molecular weight excluding hydrogens is 439 g/mol. The summed E-state index contributed by atoms with van der Waals surface area (Å²) in [5.41, 5.74) is 3.63. The summed E-state index contributed by atoms with van der Waals surface area (Å²) >= 11 is 1.69. The number of carbonyl (C=O) groups is 1. The van der Waals surface area contributed by atoms with Crippen LogP contribution in [0.5, 0.6) is 5.75 Å². The lowest BCUT2D eigenvalue weighted by Gasteiger charge is -2.10. The third kappa shape index (κ3) is 5.05. The summed E-state index contributed by atoms with van der Waals surface area (Å²) in [6.07, 6.45) is 2.04. The van der Waals surface area contributed by atoms with Crippen LogP contribution in [0.1, 0.15) is 27.2 Å². The highest BCUT2D eigenvalue weighted by atomic mass is 32.2. The van der Waals surface area contributed by atoms with Crippen LogP contribution < -0.4 is 10.1 Å². The predicted molar refractivity (Wildman–Crippen MR) is 130 cm³/mol. The van der Waals surface area contributed by atoms with Gasteiger partial charge in [-0.05, 0) is 53.8 Å². The number of aromatic carboxylic acids is 1. The Labute approximate surface area is 196 Å². The van der Waals surface area contributed by atoms with E-state index in [-0.39, 0.29) is 11.5 Å². The summed E-state index contributed by atoms with van der Waals surface area (Å²) in [6, 6.07) is 20.0. The number of nitrogens with zero attached hydrogens (tertiary/aromatic N) is 1. The summed E-state index contributed by atoms with van der Waals surface area (Å²) in [6.45, 7) is 1.32. The smallest absolute Gasteiger partial charge is 0.352 e. The van der Waals surface area contributed by atoms with Crippen molar-refractivity contribution in [3.63, 3.8) is 0 Å². The van der Waals surface area contributed by atoms with Gasteiger partial charge in [0.2, 0.25) is 0 Å². The minimum Gasteiger partial charge on any atom is -0.497 e. The van der Waals surface area contributed by atoms with Crippen molar-refractivity contribution < 1.29 is 19.0 Å². The van der Waals surface area contributed by atoms with E-state index < -0.39 is 5.97 Å². The molecule has 0 atom stereocenters. The Hall–Kier alpha value is -3.29. The van der Waals surface area contributed by atoms with Crippen molar-refractivity contribution in [1.82, 2.24) is 9.88 Å². The van der Waals surface area contributed by atoms with E-state index in [0.29, 0.717) is 30.9 Å². The van der Waals surface area contributed by atoms with Crippen LogP contribution in [0.25, 0.3) is 10.9 Å². The van der Waals surface area contributed by atoms with Crippen LogP contribution in [0.2, 0.25) is 0 Å². The maximum absolute atomic E-state index is 13.4. The van der Waals surface area contributed by atoms with Crippen molar-refractivity contribution in [1.29, 1.82) is 0 Å². The fraction of sp³-hybridized carbons (Fsp3) is 0.192. The topological polar surface area (TPSA) is 63.5 Å². The first-order chi connectivity index (χ1) is 16.0. The average Bonchev–Trinajstić information content (AvgIpc) is 3.13. The number of ether oxygens (including phenoxy) is 1. The maximum atomic E-state index is 13.4. The maximum Gasteiger partial charge on any atom is 0.352 e. The molecule has 0 bridgehead atoms. The molecule has 0 aliphatic rings. The van der Waals surface area contributed by atoms with Gasteiger partial charge in [0.05, 0.1) is 12.6 Å². The zero-order valence-electron chi connectivity index (χ0n) is 18.5. The summed E-state index contributed by atoms with van der Waals surface area (Å²) in [5.74, 6) is -0.689. The minimum atomic E-state index is -1.01. The van der Waals surface area contributed by atoms with E-state index in [9.17, 15) is 14.3 Å². The summed E-state index contributed by atoms with van der Waals surface area (Å²) in [4.78, 5) is 13.6. The number of aromatic nitrogens is 1. The van der Waals surface area contributed by atoms with Gasteiger partial charge in [0.1, 0.15) is 17.3 Å². The van der Waals surface area contributed by atoms with Crippen LogP contribution in [0.3, 0.4) is 0 Å². The first-order valence-electron chi connectivity index (χ1n) is 10.5. The van der Waals surface area contributed by atoms with E-state index >= 15 is 0 Å². The number of nitrogens with one attached hydrogen (secondary N) is 1. The van der Waals surface area contributed by atoms with Gasteiger partial charge in [-0.15, -0.1) is 11.8 Å². The summed E-state index contributed by atoms with van der Waals surface area (Å²) in [7, 11) is 1.58. The Kier molecular flexibility index (Phi) is 7.01. The Bertz CT molecular complexity index is 1270. The van der Waals surface area contributed by atoms with Gasteiger partial charge in [0.15, 0.2) is 0 Å². The van der Waals surface area contributed by atoms with E-state index in [2.05, 4.69) is 29.6 Å². The van der Waals surface area contributed by atoms with Crippen molar-refractivity contribution in [3.05, 3.63) is 94.9 Å². The molecule has 5 nitrogen and oxygen atoms in total. The SMILES string of the molecule is COc1ccc2c(CNCc3ccc(SC)cc3)c(C(=O)O)n(Cc3ccc(F)cc3)c2c1. The largest absolute Gasteiger partial charge is 0.497 e. The van der Waals surface area contributed by atoms with Gasteiger partial charge in [-0.2, -0.15) is 0 Å². The van der Waals surface area contributed by atoms with E-state index in [0.717, 1.165) is 22.0 Å². The monoisotopic (exact) mass is 464 g/mol. The third-order valence-corrected chi connectivity index (χ3v) is 6.37. The number of hydrogen-bond acceptors (Lipinski definition) is 4. The van der Waals surface area contributed by atoms with E-state index in [1.54, 1.807) is 35.6 Å². The van der Waals surface area contributed by atoms with E-state index in [1.165, 1.54) is 17.0 Å². The van der Waals surface area contributed by atoms with Gasteiger partial charge in [0, 0.05) is 41.5 Å². The molecule has 0 fully saturated rings. The van der Waals surface area contributed by atoms with Crippen molar-refractivity contribution in [2.24, 2.45) is 0 Å². The molecule has 0 aliphatic heterocycles. The van der Waals surface area contributed by atoms with Gasteiger partial charge in [-0.3, -0.25) is 0 Å². The second-order valence-electron chi connectivity index (χ2n) is 7.68. The number of methoxy groups -OCH3 is 1. The number of fused-ring (bicyclic) bond motifs is 1. The van der Waals surface area contributed by atoms with Gasteiger partial charge >= 0.3 is 5.97 Å². The highest BCUT2D eigenvalue weighted by Gasteiger charge is 2.23. The van der Waals surface area contributed by atoms with Crippen LogP contribution in [0, 0.1) is 5.82 Å². The van der Waals surface area contributed by atoms with Crippen LogP contribution in [-0.2, 0) is 19.6 Å². The van der Waals surface area contributed by atoms with Gasteiger partial charge < -0.3 is 19.7 Å². The second-order valence-corrected chi connectivity index (χ2v) is 8.56. The highest BCUT2D eigenvalue weighted by Crippen LogP contribution is 2.31. The molecule has 0 aliphatic carbocycles. The molecule has 0 saturated heterocycles. The molecule has 0 amide bonds. The van der Waals surface area contributed by atoms with Crippen LogP contribution in [-0.4, -0.2) is 29.0 Å². The third-order valence-electron chi connectivity index (χ3n) is 5.62. The quantitative estimate of drug-likeness (QED) is 0.318. The number of rotatable bonds is 9. The zero-order chi connectivity index (χ0) is 23.4. The van der Waals surface area contributed by atoms with E-state index in [4.69, 9.17) is 4.74 Å². The van der Waals surface area contributed by atoms with Gasteiger partial charge in [0.25, 0.3) is 0 Å². The first-order valence-corrected chi connectivity index (χ1v) is 11.7. The molecule has 33 heavy (non-hydrogen) atoms. The van der Waals surface area contributed by atoms with Crippen LogP contribution in [0.15, 0.2) is 71.6 Å². The molecule has 7 heteroatoms. The normalized spacial score (nSPS) is 11.1. The number of halogens is 1. The predicted octanol–water partition coefficient (Wildman–Crippen LogP) is 5.55. The Morgan fingerprint density at radius 3 is 2.36 bits per heavy atom. The fourth-order valence-electron chi connectivity index (χ4n) is 3.96. The van der Waals surface area contributed by atoms with Crippen molar-refractivity contribution in [3.8, 4) is 5.75 Å². The average molecular weight is 465 g/mol. The Morgan fingerprint density at radius 1 is 1.03 bits per heavy atom. The molecule has 0 unspecified atom stereocenters. The van der Waals surface area contributed by atoms with Crippen molar-refractivity contribution in [2.45, 2.75) is 24.5 Å². The molecule has 3 aromatic carbocycles. The summed E-state index contributed by atoms with van der Waals surface area (Å²) in [5, 5.41) is 14.4. The molecule has 1 heterocycles. The van der Waals surface area contributed by atoms with Gasteiger partial charge in [-0.25, -0.2) is 9.18 Å². The number of benzene rings is 3. The molecule has 4 rings (SSSR count). The first kappa shape index (κ1) is 22.9. The molecule has 170 valence electrons. The zero-order valence-corrected chi connectivity index (χ0v) is 19.3. The minimum absolute atomic E-state index is 0.216. The lowest BCUT2D eigenvalue weighted by Crippen LogP contribution is -2.17. The molecule has 4 aromatic rings. The van der Waals surface area contributed by atoms with Crippen LogP contribution >= 0.6 is 11.8 Å². The van der Waals surface area contributed by atoms with Crippen molar-refractivity contribution >= 4 is 28.6 Å². The second kappa shape index (κ2) is 10.1. The number of carboxylic acid groups (broad SMARTS) is 1. The molecule has 0 saturated carbocycles.